The topological polar surface area (TPSA) is 114 Å². The number of anilines is 1. The number of nitrogens with one attached hydrogen (secondary N) is 1. The molecule has 1 saturated carbocycles. The first-order valence-corrected chi connectivity index (χ1v) is 17.3. The minimum absolute atomic E-state index is 0.0753. The van der Waals surface area contributed by atoms with Crippen LogP contribution in [0.2, 0.25) is 0 Å². The minimum Gasteiger partial charge on any atom is -0.494 e. The number of benzene rings is 3. The maximum absolute atomic E-state index is 14.3. The van der Waals surface area contributed by atoms with Crippen molar-refractivity contribution in [2.75, 3.05) is 38.2 Å². The van der Waals surface area contributed by atoms with Crippen LogP contribution in [0.5, 0.6) is 17.2 Å². The zero-order chi connectivity index (χ0) is 33.1. The van der Waals surface area contributed by atoms with Crippen molar-refractivity contribution in [3.63, 3.8) is 0 Å². The lowest BCUT2D eigenvalue weighted by atomic mass is 10.1. The lowest BCUT2D eigenvalue weighted by Gasteiger charge is -2.33. The van der Waals surface area contributed by atoms with Crippen molar-refractivity contribution in [2.45, 2.75) is 69.4 Å². The van der Waals surface area contributed by atoms with Gasteiger partial charge < -0.3 is 24.4 Å². The molecule has 0 radical (unpaired) electrons. The van der Waals surface area contributed by atoms with Gasteiger partial charge in [-0.15, -0.1) is 0 Å². The molecule has 0 aromatic heterocycles. The third-order valence-corrected chi connectivity index (χ3v) is 10.00. The van der Waals surface area contributed by atoms with E-state index in [-0.39, 0.29) is 34.8 Å². The van der Waals surface area contributed by atoms with E-state index in [0.29, 0.717) is 30.9 Å². The van der Waals surface area contributed by atoms with Gasteiger partial charge in [0.1, 0.15) is 18.3 Å². The summed E-state index contributed by atoms with van der Waals surface area (Å²) in [5.74, 6) is 0.477. The van der Waals surface area contributed by atoms with Crippen LogP contribution in [0.3, 0.4) is 0 Å². The quantitative estimate of drug-likeness (QED) is 0.226. The summed E-state index contributed by atoms with van der Waals surface area (Å²) in [7, 11) is -1.40. The first kappa shape index (κ1) is 34.6. The van der Waals surface area contributed by atoms with Crippen LogP contribution in [0.15, 0.2) is 77.7 Å². The van der Waals surface area contributed by atoms with Gasteiger partial charge >= 0.3 is 0 Å². The zero-order valence-electron chi connectivity index (χ0n) is 27.1. The Kier molecular flexibility index (Phi) is 12.3. The molecular formula is C35H45N3O7S. The van der Waals surface area contributed by atoms with Crippen molar-refractivity contribution >= 4 is 27.5 Å². The van der Waals surface area contributed by atoms with E-state index in [9.17, 15) is 18.0 Å². The first-order chi connectivity index (χ1) is 22.2. The molecule has 0 aliphatic heterocycles. The molecule has 3 aromatic rings. The molecule has 11 heteroatoms. The molecule has 1 fully saturated rings. The van der Waals surface area contributed by atoms with Crippen LogP contribution in [0, 0.1) is 0 Å². The van der Waals surface area contributed by atoms with Crippen LogP contribution in [0.1, 0.15) is 51.5 Å². The summed E-state index contributed by atoms with van der Waals surface area (Å²) >= 11 is 0. The second-order valence-electron chi connectivity index (χ2n) is 11.2. The summed E-state index contributed by atoms with van der Waals surface area (Å²) in [4.78, 5) is 29.4. The Morgan fingerprint density at radius 3 is 2.20 bits per heavy atom. The van der Waals surface area contributed by atoms with Gasteiger partial charge in [0.2, 0.25) is 11.8 Å². The van der Waals surface area contributed by atoms with Gasteiger partial charge in [0.25, 0.3) is 10.0 Å². The normalized spacial score (nSPS) is 13.9. The van der Waals surface area contributed by atoms with Gasteiger partial charge in [0, 0.05) is 18.7 Å². The van der Waals surface area contributed by atoms with E-state index in [0.717, 1.165) is 35.6 Å². The molecule has 1 atom stereocenters. The third kappa shape index (κ3) is 8.51. The fraction of sp³-hybridized carbons (Fsp3) is 0.429. The predicted molar refractivity (Wildman–Crippen MR) is 178 cm³/mol. The first-order valence-electron chi connectivity index (χ1n) is 15.8. The van der Waals surface area contributed by atoms with Gasteiger partial charge in [0.15, 0.2) is 11.5 Å². The average Bonchev–Trinajstić information content (AvgIpc) is 3.59. The van der Waals surface area contributed by atoms with Crippen molar-refractivity contribution in [2.24, 2.45) is 0 Å². The highest BCUT2D eigenvalue weighted by molar-refractivity contribution is 7.92. The van der Waals surface area contributed by atoms with Crippen LogP contribution in [0.25, 0.3) is 0 Å². The Balaban J connectivity index is 1.71. The number of nitrogens with zero attached hydrogens (tertiary/aromatic N) is 2. The molecule has 0 spiro atoms. The summed E-state index contributed by atoms with van der Waals surface area (Å²) in [6.45, 7) is 3.90. The van der Waals surface area contributed by atoms with Crippen LogP contribution < -0.4 is 23.8 Å². The zero-order valence-corrected chi connectivity index (χ0v) is 27.9. The van der Waals surface area contributed by atoms with E-state index in [1.54, 1.807) is 24.3 Å². The molecule has 4 rings (SSSR count). The van der Waals surface area contributed by atoms with E-state index in [4.69, 9.17) is 14.2 Å². The Labute approximate surface area is 272 Å². The van der Waals surface area contributed by atoms with Crippen LogP contribution in [-0.2, 0) is 26.0 Å². The number of carbonyl (C=O) groups excluding carboxylic acids is 2. The highest BCUT2D eigenvalue weighted by atomic mass is 32.2. The van der Waals surface area contributed by atoms with E-state index in [2.05, 4.69) is 5.32 Å². The van der Waals surface area contributed by atoms with Crippen LogP contribution >= 0.6 is 0 Å². The highest BCUT2D eigenvalue weighted by Crippen LogP contribution is 2.33. The number of hydrogen-bond acceptors (Lipinski definition) is 7. The second-order valence-corrected chi connectivity index (χ2v) is 13.1. The van der Waals surface area contributed by atoms with Gasteiger partial charge in [-0.2, -0.15) is 0 Å². The molecular weight excluding hydrogens is 606 g/mol. The minimum atomic E-state index is -4.29. The van der Waals surface area contributed by atoms with Gasteiger partial charge in [-0.3, -0.25) is 13.9 Å². The lowest BCUT2D eigenvalue weighted by molar-refractivity contribution is -0.139. The molecule has 10 nitrogen and oxygen atoms in total. The van der Waals surface area contributed by atoms with Gasteiger partial charge in [-0.05, 0) is 74.6 Å². The average molecular weight is 652 g/mol. The summed E-state index contributed by atoms with van der Waals surface area (Å²) in [5.41, 5.74) is 1.28. The second kappa shape index (κ2) is 16.4. The van der Waals surface area contributed by atoms with E-state index >= 15 is 0 Å². The Morgan fingerprint density at radius 2 is 1.59 bits per heavy atom. The summed E-state index contributed by atoms with van der Waals surface area (Å²) in [6, 6.07) is 19.9. The number of ether oxygens (including phenoxy) is 3. The van der Waals surface area contributed by atoms with Crippen LogP contribution in [0.4, 0.5) is 5.69 Å². The summed E-state index contributed by atoms with van der Waals surface area (Å²) < 4.78 is 45.9. The predicted octanol–water partition coefficient (Wildman–Crippen LogP) is 5.21. The smallest absolute Gasteiger partial charge is 0.264 e. The van der Waals surface area contributed by atoms with Gasteiger partial charge in [-0.25, -0.2) is 8.42 Å². The number of carbonyl (C=O) groups is 2. The standard InChI is InChI=1S/C35H45N3O7S/c1-5-31(35(40)36-27-14-10-11-15-27)37(23-22-26-12-8-7-9-13-26)34(39)25-38(28-16-18-29(19-17-28)45-6-2)46(41,42)30-20-21-32(43-3)33(24-30)44-4/h7-9,12-13,16-21,24,27,31H,5-6,10-11,14-15,22-23,25H2,1-4H3,(H,36,40)/t31-/m0/s1. The van der Waals surface area contributed by atoms with Crippen molar-refractivity contribution < 1.29 is 32.2 Å². The molecule has 0 heterocycles. The fourth-order valence-electron chi connectivity index (χ4n) is 5.77. The van der Waals surface area contributed by atoms with Gasteiger partial charge in [0.05, 0.1) is 31.4 Å². The molecule has 248 valence electrons. The SMILES string of the molecule is CCOc1ccc(N(CC(=O)N(CCc2ccccc2)[C@@H](CC)C(=O)NC2CCCC2)S(=O)(=O)c2ccc(OC)c(OC)c2)cc1. The summed E-state index contributed by atoms with van der Waals surface area (Å²) in [5, 5.41) is 3.14. The molecule has 46 heavy (non-hydrogen) atoms. The molecule has 1 aliphatic rings. The Morgan fingerprint density at radius 1 is 0.913 bits per heavy atom. The Bertz CT molecular complexity index is 1540. The van der Waals surface area contributed by atoms with Gasteiger partial charge in [-0.1, -0.05) is 50.1 Å². The van der Waals surface area contributed by atoms with Crippen molar-refractivity contribution in [3.8, 4) is 17.2 Å². The maximum atomic E-state index is 14.3. The lowest BCUT2D eigenvalue weighted by Crippen LogP contribution is -2.54. The molecule has 0 unspecified atom stereocenters. The number of amides is 2. The molecule has 2 amide bonds. The van der Waals surface area contributed by atoms with E-state index in [1.165, 1.54) is 37.3 Å². The Hall–Kier alpha value is -4.25. The molecule has 0 bridgehead atoms. The summed E-state index contributed by atoms with van der Waals surface area (Å²) in [6.07, 6.45) is 4.83. The maximum Gasteiger partial charge on any atom is 0.264 e. The van der Waals surface area contributed by atoms with Crippen molar-refractivity contribution in [3.05, 3.63) is 78.4 Å². The van der Waals surface area contributed by atoms with Crippen molar-refractivity contribution in [1.29, 1.82) is 0 Å². The molecule has 3 aromatic carbocycles. The molecule has 0 saturated heterocycles. The van der Waals surface area contributed by atoms with E-state index in [1.807, 2.05) is 44.2 Å². The number of rotatable bonds is 16. The monoisotopic (exact) mass is 651 g/mol. The molecule has 1 N–H and O–H groups in total. The number of hydrogen-bond donors (Lipinski definition) is 1. The fourth-order valence-corrected chi connectivity index (χ4v) is 7.20. The highest BCUT2D eigenvalue weighted by Gasteiger charge is 2.34. The van der Waals surface area contributed by atoms with Crippen molar-refractivity contribution in [1.82, 2.24) is 10.2 Å². The third-order valence-electron chi connectivity index (χ3n) is 8.23. The largest absolute Gasteiger partial charge is 0.494 e. The number of sulfonamides is 1. The van der Waals surface area contributed by atoms with E-state index < -0.39 is 28.5 Å². The van der Waals surface area contributed by atoms with Crippen LogP contribution in [-0.4, -0.2) is 71.1 Å². The number of methoxy groups -OCH3 is 2. The molecule has 1 aliphatic carbocycles.